The maximum absolute atomic E-state index is 8.86. The minimum atomic E-state index is 0.110. The first kappa shape index (κ1) is 9.96. The van der Waals surface area contributed by atoms with Crippen molar-refractivity contribution in [3.8, 4) is 0 Å². The predicted molar refractivity (Wildman–Crippen MR) is 54.3 cm³/mol. The lowest BCUT2D eigenvalue weighted by Crippen LogP contribution is -2.31. The van der Waals surface area contributed by atoms with Gasteiger partial charge in [-0.05, 0) is 6.42 Å². The normalized spacial score (nSPS) is 20.9. The Labute approximate surface area is 87.7 Å². The molecule has 3 N–H and O–H groups in total. The van der Waals surface area contributed by atoms with E-state index in [2.05, 4.69) is 9.55 Å². The van der Waals surface area contributed by atoms with Crippen LogP contribution in [0.25, 0.3) is 0 Å². The van der Waals surface area contributed by atoms with Gasteiger partial charge in [0.2, 0.25) is 0 Å². The first-order valence-electron chi connectivity index (χ1n) is 4.82. The van der Waals surface area contributed by atoms with Crippen LogP contribution >= 0.6 is 11.6 Å². The van der Waals surface area contributed by atoms with Crippen molar-refractivity contribution in [3.63, 3.8) is 0 Å². The van der Waals surface area contributed by atoms with Gasteiger partial charge in [0.1, 0.15) is 5.82 Å². The Morgan fingerprint density at radius 2 is 2.43 bits per heavy atom. The van der Waals surface area contributed by atoms with Crippen molar-refractivity contribution in [1.29, 1.82) is 0 Å². The molecule has 2 heterocycles. The van der Waals surface area contributed by atoms with Gasteiger partial charge in [0.25, 0.3) is 0 Å². The smallest absolute Gasteiger partial charge is 0.150 e. The fourth-order valence-electron chi connectivity index (χ4n) is 1.90. The second-order valence-corrected chi connectivity index (χ2v) is 4.00. The molecule has 0 spiro atoms. The van der Waals surface area contributed by atoms with Crippen LogP contribution < -0.4 is 5.73 Å². The molecule has 14 heavy (non-hydrogen) atoms. The summed E-state index contributed by atoms with van der Waals surface area (Å²) in [6.07, 6.45) is 2.31. The minimum absolute atomic E-state index is 0.110. The van der Waals surface area contributed by atoms with Crippen molar-refractivity contribution >= 4 is 11.6 Å². The Hall–Kier alpha value is -0.580. The number of hydrogen-bond donors (Lipinski definition) is 2. The second kappa shape index (κ2) is 3.88. The summed E-state index contributed by atoms with van der Waals surface area (Å²) in [4.78, 5) is 4.23. The van der Waals surface area contributed by atoms with Gasteiger partial charge in [0, 0.05) is 25.4 Å². The van der Waals surface area contributed by atoms with Crippen LogP contribution in [0.2, 0.25) is 5.15 Å². The molecule has 0 bridgehead atoms. The zero-order valence-electron chi connectivity index (χ0n) is 7.91. The highest BCUT2D eigenvalue weighted by atomic mass is 35.5. The topological polar surface area (TPSA) is 64.1 Å². The van der Waals surface area contributed by atoms with E-state index in [1.165, 1.54) is 0 Å². The van der Waals surface area contributed by atoms with Crippen LogP contribution in [-0.4, -0.2) is 27.3 Å². The number of nitrogens with two attached hydrogens (primary N) is 1. The van der Waals surface area contributed by atoms with Gasteiger partial charge in [0.15, 0.2) is 5.15 Å². The van der Waals surface area contributed by atoms with Crippen LogP contribution in [0.3, 0.4) is 0 Å². The van der Waals surface area contributed by atoms with E-state index in [1.54, 1.807) is 0 Å². The standard InChI is InChI=1S/C9H14ClN3O/c10-9-7-5-6(11)1-3-13(7)8(12-9)2-4-14/h6,14H,1-5,11H2. The van der Waals surface area contributed by atoms with Gasteiger partial charge < -0.3 is 15.4 Å². The van der Waals surface area contributed by atoms with Crippen molar-refractivity contribution in [2.24, 2.45) is 5.73 Å². The molecule has 1 unspecified atom stereocenters. The average Bonchev–Trinajstić information content (AvgIpc) is 2.44. The molecule has 0 aliphatic carbocycles. The van der Waals surface area contributed by atoms with E-state index >= 15 is 0 Å². The van der Waals surface area contributed by atoms with Gasteiger partial charge in [-0.2, -0.15) is 0 Å². The molecule has 1 aromatic rings. The molecule has 0 amide bonds. The van der Waals surface area contributed by atoms with Gasteiger partial charge >= 0.3 is 0 Å². The summed E-state index contributed by atoms with van der Waals surface area (Å²) < 4.78 is 2.09. The van der Waals surface area contributed by atoms with E-state index in [0.717, 1.165) is 30.9 Å². The summed E-state index contributed by atoms with van der Waals surface area (Å²) in [5, 5.41) is 9.41. The van der Waals surface area contributed by atoms with E-state index in [-0.39, 0.29) is 12.6 Å². The average molecular weight is 216 g/mol. The lowest BCUT2D eigenvalue weighted by Gasteiger charge is -2.21. The number of halogens is 1. The maximum atomic E-state index is 8.86. The molecular weight excluding hydrogens is 202 g/mol. The first-order valence-corrected chi connectivity index (χ1v) is 5.20. The molecule has 1 aliphatic rings. The van der Waals surface area contributed by atoms with Crippen molar-refractivity contribution in [2.45, 2.75) is 31.8 Å². The monoisotopic (exact) mass is 215 g/mol. The number of hydrogen-bond acceptors (Lipinski definition) is 3. The summed E-state index contributed by atoms with van der Waals surface area (Å²) in [6.45, 7) is 0.977. The minimum Gasteiger partial charge on any atom is -0.396 e. The molecule has 0 saturated heterocycles. The third-order valence-electron chi connectivity index (χ3n) is 2.62. The molecular formula is C9H14ClN3O. The van der Waals surface area contributed by atoms with Crippen molar-refractivity contribution < 1.29 is 5.11 Å². The Balaban J connectivity index is 2.33. The summed E-state index contributed by atoms with van der Waals surface area (Å²) in [6, 6.07) is 0.193. The summed E-state index contributed by atoms with van der Waals surface area (Å²) in [5.74, 6) is 0.874. The van der Waals surface area contributed by atoms with Gasteiger partial charge in [-0.15, -0.1) is 0 Å². The molecule has 78 valence electrons. The van der Waals surface area contributed by atoms with Crippen LogP contribution in [0.4, 0.5) is 0 Å². The largest absolute Gasteiger partial charge is 0.396 e. The Morgan fingerprint density at radius 1 is 1.64 bits per heavy atom. The van der Waals surface area contributed by atoms with Gasteiger partial charge in [-0.25, -0.2) is 4.98 Å². The fraction of sp³-hybridized carbons (Fsp3) is 0.667. The molecule has 1 atom stereocenters. The molecule has 0 fully saturated rings. The lowest BCUT2D eigenvalue weighted by molar-refractivity contribution is 0.293. The molecule has 0 aromatic carbocycles. The lowest BCUT2D eigenvalue weighted by atomic mass is 10.1. The number of aliphatic hydroxyl groups excluding tert-OH is 1. The molecule has 1 aromatic heterocycles. The number of imidazole rings is 1. The van der Waals surface area contributed by atoms with E-state index in [1.807, 2.05) is 0 Å². The van der Waals surface area contributed by atoms with Crippen molar-refractivity contribution in [2.75, 3.05) is 6.61 Å². The van der Waals surface area contributed by atoms with Crippen LogP contribution in [0.1, 0.15) is 17.9 Å². The summed E-state index contributed by atoms with van der Waals surface area (Å²) >= 11 is 5.99. The van der Waals surface area contributed by atoms with E-state index < -0.39 is 0 Å². The van der Waals surface area contributed by atoms with Crippen LogP contribution in [0.5, 0.6) is 0 Å². The van der Waals surface area contributed by atoms with Gasteiger partial charge in [-0.3, -0.25) is 0 Å². The van der Waals surface area contributed by atoms with E-state index in [9.17, 15) is 0 Å². The zero-order chi connectivity index (χ0) is 10.1. The Kier molecular flexibility index (Phi) is 2.76. The third-order valence-corrected chi connectivity index (χ3v) is 2.92. The second-order valence-electron chi connectivity index (χ2n) is 3.64. The van der Waals surface area contributed by atoms with Crippen LogP contribution in [0, 0.1) is 0 Å². The first-order chi connectivity index (χ1) is 6.72. The molecule has 0 radical (unpaired) electrons. The molecule has 2 rings (SSSR count). The van der Waals surface area contributed by atoms with E-state index in [4.69, 9.17) is 22.4 Å². The molecule has 4 nitrogen and oxygen atoms in total. The van der Waals surface area contributed by atoms with E-state index in [0.29, 0.717) is 11.6 Å². The van der Waals surface area contributed by atoms with Crippen LogP contribution in [-0.2, 0) is 19.4 Å². The number of rotatable bonds is 2. The molecule has 0 saturated carbocycles. The highest BCUT2D eigenvalue weighted by Gasteiger charge is 2.22. The number of aliphatic hydroxyl groups is 1. The van der Waals surface area contributed by atoms with Gasteiger partial charge in [-0.1, -0.05) is 11.6 Å². The predicted octanol–water partition coefficient (Wildman–Crippen LogP) is 0.345. The van der Waals surface area contributed by atoms with Crippen LogP contribution in [0.15, 0.2) is 0 Å². The molecule has 5 heteroatoms. The van der Waals surface area contributed by atoms with Crippen molar-refractivity contribution in [1.82, 2.24) is 9.55 Å². The number of fused-ring (bicyclic) bond motifs is 1. The number of aromatic nitrogens is 2. The highest BCUT2D eigenvalue weighted by Crippen LogP contribution is 2.24. The zero-order valence-corrected chi connectivity index (χ0v) is 8.67. The third kappa shape index (κ3) is 1.65. The SMILES string of the molecule is NC1CCn2c(CCO)nc(Cl)c2C1. The Morgan fingerprint density at radius 3 is 3.14 bits per heavy atom. The maximum Gasteiger partial charge on any atom is 0.150 e. The fourth-order valence-corrected chi connectivity index (χ4v) is 2.18. The quantitative estimate of drug-likeness (QED) is 0.748. The van der Waals surface area contributed by atoms with Crippen molar-refractivity contribution in [3.05, 3.63) is 16.7 Å². The highest BCUT2D eigenvalue weighted by molar-refractivity contribution is 6.30. The molecule has 1 aliphatic heterocycles. The summed E-state index contributed by atoms with van der Waals surface area (Å²) in [7, 11) is 0. The van der Waals surface area contributed by atoms with Gasteiger partial charge in [0.05, 0.1) is 12.3 Å². The number of nitrogens with zero attached hydrogens (tertiary/aromatic N) is 2. The Bertz CT molecular complexity index is 337. The summed E-state index contributed by atoms with van der Waals surface area (Å²) in [5.41, 5.74) is 6.87.